The SMILES string of the molecule is Cc1ccsc1CCNC(=O)CC(C)N. The van der Waals surface area contributed by atoms with Gasteiger partial charge in [-0.2, -0.15) is 0 Å². The molecule has 84 valence electrons. The highest BCUT2D eigenvalue weighted by atomic mass is 32.1. The van der Waals surface area contributed by atoms with Crippen molar-refractivity contribution in [3.8, 4) is 0 Å². The minimum atomic E-state index is -0.0616. The van der Waals surface area contributed by atoms with Gasteiger partial charge in [-0.05, 0) is 37.3 Å². The summed E-state index contributed by atoms with van der Waals surface area (Å²) in [6.07, 6.45) is 1.32. The molecule has 4 heteroatoms. The number of carbonyl (C=O) groups is 1. The number of rotatable bonds is 5. The van der Waals surface area contributed by atoms with Crippen molar-refractivity contribution in [1.82, 2.24) is 5.32 Å². The largest absolute Gasteiger partial charge is 0.356 e. The van der Waals surface area contributed by atoms with Crippen LogP contribution in [0.1, 0.15) is 23.8 Å². The van der Waals surface area contributed by atoms with E-state index >= 15 is 0 Å². The number of carbonyl (C=O) groups excluding carboxylic acids is 1. The summed E-state index contributed by atoms with van der Waals surface area (Å²) in [6, 6.07) is 2.04. The van der Waals surface area contributed by atoms with Gasteiger partial charge in [-0.1, -0.05) is 0 Å². The van der Waals surface area contributed by atoms with E-state index in [0.29, 0.717) is 13.0 Å². The molecule has 0 aliphatic heterocycles. The summed E-state index contributed by atoms with van der Waals surface area (Å²) in [7, 11) is 0. The fourth-order valence-electron chi connectivity index (χ4n) is 1.34. The normalized spacial score (nSPS) is 12.5. The van der Waals surface area contributed by atoms with Crippen LogP contribution in [0.25, 0.3) is 0 Å². The van der Waals surface area contributed by atoms with Crippen LogP contribution in [0.3, 0.4) is 0 Å². The lowest BCUT2D eigenvalue weighted by molar-refractivity contribution is -0.121. The van der Waals surface area contributed by atoms with E-state index in [4.69, 9.17) is 5.73 Å². The Morgan fingerprint density at radius 3 is 2.93 bits per heavy atom. The van der Waals surface area contributed by atoms with Crippen LogP contribution in [0, 0.1) is 6.92 Å². The van der Waals surface area contributed by atoms with Crippen molar-refractivity contribution in [3.63, 3.8) is 0 Å². The fourth-order valence-corrected chi connectivity index (χ4v) is 2.25. The average molecular weight is 226 g/mol. The van der Waals surface area contributed by atoms with Crippen LogP contribution in [0.4, 0.5) is 0 Å². The smallest absolute Gasteiger partial charge is 0.221 e. The van der Waals surface area contributed by atoms with Gasteiger partial charge in [0.15, 0.2) is 0 Å². The molecule has 1 amide bonds. The van der Waals surface area contributed by atoms with Crippen LogP contribution in [-0.4, -0.2) is 18.5 Å². The molecule has 3 nitrogen and oxygen atoms in total. The Morgan fingerprint density at radius 2 is 2.40 bits per heavy atom. The van der Waals surface area contributed by atoms with E-state index < -0.39 is 0 Å². The van der Waals surface area contributed by atoms with Crippen LogP contribution in [-0.2, 0) is 11.2 Å². The average Bonchev–Trinajstić information content (AvgIpc) is 2.50. The zero-order valence-electron chi connectivity index (χ0n) is 9.25. The van der Waals surface area contributed by atoms with Gasteiger partial charge in [-0.25, -0.2) is 0 Å². The Labute approximate surface area is 94.7 Å². The van der Waals surface area contributed by atoms with Gasteiger partial charge in [0.25, 0.3) is 0 Å². The first-order valence-electron chi connectivity index (χ1n) is 5.15. The standard InChI is InChI=1S/C11H18N2OS/c1-8-4-6-15-10(8)3-5-13-11(14)7-9(2)12/h4,6,9H,3,5,7,12H2,1-2H3,(H,13,14). The number of hydrogen-bond donors (Lipinski definition) is 2. The summed E-state index contributed by atoms with van der Waals surface area (Å²) < 4.78 is 0. The molecule has 0 bridgehead atoms. The van der Waals surface area contributed by atoms with Gasteiger partial charge in [0, 0.05) is 23.9 Å². The van der Waals surface area contributed by atoms with Crippen LogP contribution in [0.15, 0.2) is 11.4 Å². The molecule has 0 aromatic carbocycles. The first-order valence-corrected chi connectivity index (χ1v) is 6.03. The second-order valence-electron chi connectivity index (χ2n) is 3.81. The number of amides is 1. The molecule has 0 saturated carbocycles. The topological polar surface area (TPSA) is 55.1 Å². The summed E-state index contributed by atoms with van der Waals surface area (Å²) in [5.74, 6) is 0.0409. The lowest BCUT2D eigenvalue weighted by atomic mass is 10.2. The molecular formula is C11H18N2OS. The second kappa shape index (κ2) is 5.88. The van der Waals surface area contributed by atoms with Gasteiger partial charge in [0.1, 0.15) is 0 Å². The maximum Gasteiger partial charge on any atom is 0.221 e. The molecule has 0 aliphatic rings. The lowest BCUT2D eigenvalue weighted by Crippen LogP contribution is -2.31. The molecule has 0 fully saturated rings. The Hall–Kier alpha value is -0.870. The van der Waals surface area contributed by atoms with E-state index in [0.717, 1.165) is 6.42 Å². The highest BCUT2D eigenvalue weighted by molar-refractivity contribution is 7.10. The van der Waals surface area contributed by atoms with E-state index in [-0.39, 0.29) is 11.9 Å². The molecular weight excluding hydrogens is 208 g/mol. The molecule has 1 aromatic rings. The Bertz CT molecular complexity index is 320. The van der Waals surface area contributed by atoms with Crippen molar-refractivity contribution >= 4 is 17.2 Å². The lowest BCUT2D eigenvalue weighted by Gasteiger charge is -2.06. The third kappa shape index (κ3) is 4.44. The molecule has 1 aromatic heterocycles. The number of hydrogen-bond acceptors (Lipinski definition) is 3. The molecule has 1 unspecified atom stereocenters. The van der Waals surface area contributed by atoms with Crippen molar-refractivity contribution in [2.75, 3.05) is 6.54 Å². The molecule has 3 N–H and O–H groups in total. The van der Waals surface area contributed by atoms with Crippen LogP contribution in [0.2, 0.25) is 0 Å². The van der Waals surface area contributed by atoms with Gasteiger partial charge < -0.3 is 11.1 Å². The van der Waals surface area contributed by atoms with E-state index in [1.165, 1.54) is 10.4 Å². The maximum atomic E-state index is 11.3. The second-order valence-corrected chi connectivity index (χ2v) is 4.81. The van der Waals surface area contributed by atoms with Gasteiger partial charge in [-0.15, -0.1) is 11.3 Å². The molecule has 0 saturated heterocycles. The van der Waals surface area contributed by atoms with Gasteiger partial charge in [0.05, 0.1) is 0 Å². The quantitative estimate of drug-likeness (QED) is 0.798. The predicted molar refractivity (Wildman–Crippen MR) is 64.0 cm³/mol. The van der Waals surface area contributed by atoms with Gasteiger partial charge in [0.2, 0.25) is 5.91 Å². The van der Waals surface area contributed by atoms with Crippen LogP contribution in [0.5, 0.6) is 0 Å². The van der Waals surface area contributed by atoms with Crippen molar-refractivity contribution in [3.05, 3.63) is 21.9 Å². The first-order chi connectivity index (χ1) is 7.09. The molecule has 1 atom stereocenters. The molecule has 15 heavy (non-hydrogen) atoms. The fraction of sp³-hybridized carbons (Fsp3) is 0.545. The van der Waals surface area contributed by atoms with Crippen molar-refractivity contribution in [2.45, 2.75) is 32.7 Å². The highest BCUT2D eigenvalue weighted by Crippen LogP contribution is 2.15. The molecule has 0 aliphatic carbocycles. The summed E-state index contributed by atoms with van der Waals surface area (Å²) >= 11 is 1.74. The van der Waals surface area contributed by atoms with E-state index in [1.807, 2.05) is 6.92 Å². The summed E-state index contributed by atoms with van der Waals surface area (Å²) in [5, 5.41) is 4.95. The summed E-state index contributed by atoms with van der Waals surface area (Å²) in [5.41, 5.74) is 6.83. The number of nitrogens with one attached hydrogen (secondary N) is 1. The third-order valence-corrected chi connectivity index (χ3v) is 3.23. The monoisotopic (exact) mass is 226 g/mol. The Morgan fingerprint density at radius 1 is 1.67 bits per heavy atom. The third-order valence-electron chi connectivity index (χ3n) is 2.15. The molecule has 0 radical (unpaired) electrons. The van der Waals surface area contributed by atoms with E-state index in [1.54, 1.807) is 11.3 Å². The van der Waals surface area contributed by atoms with Gasteiger partial charge >= 0.3 is 0 Å². The Kier molecular flexibility index (Phi) is 4.78. The summed E-state index contributed by atoms with van der Waals surface area (Å²) in [4.78, 5) is 12.6. The summed E-state index contributed by atoms with van der Waals surface area (Å²) in [6.45, 7) is 4.63. The zero-order chi connectivity index (χ0) is 11.3. The highest BCUT2D eigenvalue weighted by Gasteiger charge is 2.05. The predicted octanol–water partition coefficient (Wildman–Crippen LogP) is 1.45. The van der Waals surface area contributed by atoms with E-state index in [9.17, 15) is 4.79 Å². The van der Waals surface area contributed by atoms with Crippen LogP contribution >= 0.6 is 11.3 Å². The zero-order valence-corrected chi connectivity index (χ0v) is 10.1. The minimum absolute atomic E-state index is 0.0409. The molecule has 0 spiro atoms. The van der Waals surface area contributed by atoms with Crippen molar-refractivity contribution < 1.29 is 4.79 Å². The number of thiophene rings is 1. The number of nitrogens with two attached hydrogens (primary N) is 1. The van der Waals surface area contributed by atoms with E-state index in [2.05, 4.69) is 23.7 Å². The molecule has 1 rings (SSSR count). The Balaban J connectivity index is 2.22. The van der Waals surface area contributed by atoms with Crippen molar-refractivity contribution in [1.29, 1.82) is 0 Å². The maximum absolute atomic E-state index is 11.3. The number of aryl methyl sites for hydroxylation is 1. The van der Waals surface area contributed by atoms with Crippen molar-refractivity contribution in [2.24, 2.45) is 5.73 Å². The first kappa shape index (κ1) is 12.2. The molecule has 1 heterocycles. The van der Waals surface area contributed by atoms with Crippen LogP contribution < -0.4 is 11.1 Å². The minimum Gasteiger partial charge on any atom is -0.356 e. The van der Waals surface area contributed by atoms with Gasteiger partial charge in [-0.3, -0.25) is 4.79 Å².